The minimum absolute atomic E-state index is 0.221. The predicted octanol–water partition coefficient (Wildman–Crippen LogP) is 1.45. The van der Waals surface area contributed by atoms with Crippen LogP contribution in [0.4, 0.5) is 0 Å². The van der Waals surface area contributed by atoms with Crippen molar-refractivity contribution in [1.82, 2.24) is 5.32 Å². The van der Waals surface area contributed by atoms with E-state index in [1.54, 1.807) is 7.11 Å². The van der Waals surface area contributed by atoms with Crippen molar-refractivity contribution in [2.75, 3.05) is 33.4 Å². The number of aliphatic hydroxyl groups excluding tert-OH is 1. The van der Waals surface area contributed by atoms with Gasteiger partial charge in [0.1, 0.15) is 12.7 Å². The third-order valence-electron chi connectivity index (χ3n) is 2.61. The van der Waals surface area contributed by atoms with Gasteiger partial charge in [-0.15, -0.1) is 0 Å². The summed E-state index contributed by atoms with van der Waals surface area (Å²) in [5.41, 5.74) is 0. The molecule has 0 spiro atoms. The molecule has 5 nitrogen and oxygen atoms in total. The molecule has 0 aliphatic carbocycles. The predicted molar refractivity (Wildman–Crippen MR) is 78.5 cm³/mol. The first-order valence-electron chi connectivity index (χ1n) is 6.89. The van der Waals surface area contributed by atoms with Crippen molar-refractivity contribution in [2.24, 2.45) is 0 Å². The first kappa shape index (κ1) is 16.8. The van der Waals surface area contributed by atoms with Crippen molar-refractivity contribution in [3.05, 3.63) is 24.3 Å². The lowest BCUT2D eigenvalue weighted by Gasteiger charge is -2.15. The highest BCUT2D eigenvalue weighted by Crippen LogP contribution is 2.25. The summed E-state index contributed by atoms with van der Waals surface area (Å²) in [6.07, 6.45) is -0.338. The van der Waals surface area contributed by atoms with Crippen LogP contribution in [0.5, 0.6) is 11.5 Å². The lowest BCUT2D eigenvalue weighted by Crippen LogP contribution is -2.33. The van der Waals surface area contributed by atoms with E-state index in [1.165, 1.54) is 0 Å². The number of ether oxygens (including phenoxy) is 3. The van der Waals surface area contributed by atoms with E-state index in [-0.39, 0.29) is 12.7 Å². The van der Waals surface area contributed by atoms with E-state index >= 15 is 0 Å². The average molecular weight is 283 g/mol. The van der Waals surface area contributed by atoms with Gasteiger partial charge in [-0.25, -0.2) is 0 Å². The van der Waals surface area contributed by atoms with Crippen molar-refractivity contribution < 1.29 is 19.3 Å². The minimum Gasteiger partial charge on any atom is -0.493 e. The second-order valence-corrected chi connectivity index (χ2v) is 4.74. The minimum atomic E-state index is -0.570. The third kappa shape index (κ3) is 6.75. The van der Waals surface area contributed by atoms with Gasteiger partial charge >= 0.3 is 0 Å². The molecule has 114 valence electrons. The van der Waals surface area contributed by atoms with Crippen LogP contribution in [-0.2, 0) is 4.74 Å². The lowest BCUT2D eigenvalue weighted by molar-refractivity contribution is 0.0733. The molecule has 2 N–H and O–H groups in total. The fourth-order valence-corrected chi connectivity index (χ4v) is 1.62. The van der Waals surface area contributed by atoms with Crippen LogP contribution in [0.1, 0.15) is 13.8 Å². The molecule has 1 atom stereocenters. The number of methoxy groups -OCH3 is 1. The summed E-state index contributed by atoms with van der Waals surface area (Å²) in [7, 11) is 1.59. The summed E-state index contributed by atoms with van der Waals surface area (Å²) in [5.74, 6) is 1.30. The molecule has 0 aliphatic heterocycles. The van der Waals surface area contributed by atoms with Crippen LogP contribution in [0.3, 0.4) is 0 Å². The molecule has 0 heterocycles. The molecule has 1 rings (SSSR count). The number of para-hydroxylation sites is 2. The summed E-state index contributed by atoms with van der Waals surface area (Å²) in [6.45, 7) is 6.03. The van der Waals surface area contributed by atoms with Crippen LogP contribution in [0.2, 0.25) is 0 Å². The Kier molecular flexibility index (Phi) is 8.02. The molecule has 5 heteroatoms. The molecule has 0 saturated heterocycles. The highest BCUT2D eigenvalue weighted by Gasteiger charge is 2.07. The lowest BCUT2D eigenvalue weighted by atomic mass is 10.3. The van der Waals surface area contributed by atoms with Gasteiger partial charge in [0, 0.05) is 13.1 Å². The van der Waals surface area contributed by atoms with Crippen LogP contribution in [-0.4, -0.2) is 50.7 Å². The van der Waals surface area contributed by atoms with Gasteiger partial charge in [0.15, 0.2) is 11.5 Å². The van der Waals surface area contributed by atoms with E-state index in [0.29, 0.717) is 31.2 Å². The number of rotatable bonds is 10. The molecule has 1 unspecified atom stereocenters. The van der Waals surface area contributed by atoms with E-state index in [1.807, 2.05) is 38.1 Å². The Morgan fingerprint density at radius 2 is 1.90 bits per heavy atom. The van der Waals surface area contributed by atoms with Gasteiger partial charge in [-0.1, -0.05) is 12.1 Å². The maximum atomic E-state index is 9.81. The van der Waals surface area contributed by atoms with Crippen LogP contribution in [0.25, 0.3) is 0 Å². The molecule has 0 aromatic heterocycles. The van der Waals surface area contributed by atoms with Gasteiger partial charge in [0.05, 0.1) is 19.8 Å². The largest absolute Gasteiger partial charge is 0.493 e. The van der Waals surface area contributed by atoms with Crippen LogP contribution in [0.15, 0.2) is 24.3 Å². The van der Waals surface area contributed by atoms with E-state index in [4.69, 9.17) is 14.2 Å². The van der Waals surface area contributed by atoms with Gasteiger partial charge in [-0.3, -0.25) is 0 Å². The average Bonchev–Trinajstić information content (AvgIpc) is 2.44. The van der Waals surface area contributed by atoms with E-state index < -0.39 is 6.10 Å². The smallest absolute Gasteiger partial charge is 0.161 e. The zero-order valence-electron chi connectivity index (χ0n) is 12.5. The molecule has 0 amide bonds. The zero-order chi connectivity index (χ0) is 14.8. The van der Waals surface area contributed by atoms with Crippen LogP contribution in [0, 0.1) is 0 Å². The highest BCUT2D eigenvalue weighted by atomic mass is 16.5. The zero-order valence-corrected chi connectivity index (χ0v) is 12.5. The van der Waals surface area contributed by atoms with Gasteiger partial charge < -0.3 is 24.6 Å². The molecule has 0 aliphatic rings. The molecule has 0 bridgehead atoms. The highest BCUT2D eigenvalue weighted by molar-refractivity contribution is 5.39. The Labute approximate surface area is 120 Å². The van der Waals surface area contributed by atoms with Crippen LogP contribution < -0.4 is 14.8 Å². The Balaban J connectivity index is 2.18. The topological polar surface area (TPSA) is 60.0 Å². The maximum absolute atomic E-state index is 9.81. The van der Waals surface area contributed by atoms with Gasteiger partial charge in [0.2, 0.25) is 0 Å². The summed E-state index contributed by atoms with van der Waals surface area (Å²) < 4.78 is 16.1. The molecule has 1 aromatic rings. The second kappa shape index (κ2) is 9.58. The fourth-order valence-electron chi connectivity index (χ4n) is 1.62. The Bertz CT molecular complexity index is 371. The van der Waals surface area contributed by atoms with E-state index in [2.05, 4.69) is 5.32 Å². The van der Waals surface area contributed by atoms with Crippen molar-refractivity contribution in [1.29, 1.82) is 0 Å². The number of benzene rings is 1. The molecule has 1 aromatic carbocycles. The monoisotopic (exact) mass is 283 g/mol. The van der Waals surface area contributed by atoms with Gasteiger partial charge in [-0.05, 0) is 26.0 Å². The van der Waals surface area contributed by atoms with Crippen molar-refractivity contribution >= 4 is 0 Å². The maximum Gasteiger partial charge on any atom is 0.161 e. The molecule has 0 saturated carbocycles. The fraction of sp³-hybridized carbons (Fsp3) is 0.600. The van der Waals surface area contributed by atoms with Gasteiger partial charge in [-0.2, -0.15) is 0 Å². The number of nitrogens with one attached hydrogen (secondary N) is 1. The summed E-state index contributed by atoms with van der Waals surface area (Å²) >= 11 is 0. The first-order chi connectivity index (χ1) is 9.63. The molecule has 0 radical (unpaired) electrons. The quantitative estimate of drug-likeness (QED) is 0.636. The molecule has 20 heavy (non-hydrogen) atoms. The molecular weight excluding hydrogens is 258 g/mol. The molecule has 0 fully saturated rings. The SMILES string of the molecule is COc1ccccc1OCC(O)CNCCOC(C)C. The number of hydrogen-bond donors (Lipinski definition) is 2. The first-order valence-corrected chi connectivity index (χ1v) is 6.89. The summed E-state index contributed by atoms with van der Waals surface area (Å²) in [4.78, 5) is 0. The van der Waals surface area contributed by atoms with Gasteiger partial charge in [0.25, 0.3) is 0 Å². The standard InChI is InChI=1S/C15H25NO4/c1-12(2)19-9-8-16-10-13(17)11-20-15-7-5-4-6-14(15)18-3/h4-7,12-13,16-17H,8-11H2,1-3H3. The van der Waals surface area contributed by atoms with E-state index in [9.17, 15) is 5.11 Å². The number of aliphatic hydroxyl groups is 1. The summed E-state index contributed by atoms with van der Waals surface area (Å²) in [5, 5.41) is 12.9. The Morgan fingerprint density at radius 1 is 1.20 bits per heavy atom. The second-order valence-electron chi connectivity index (χ2n) is 4.74. The summed E-state index contributed by atoms with van der Waals surface area (Å²) in [6, 6.07) is 7.38. The Hall–Kier alpha value is -1.30. The normalized spacial score (nSPS) is 12.4. The number of hydrogen-bond acceptors (Lipinski definition) is 5. The van der Waals surface area contributed by atoms with Crippen molar-refractivity contribution in [2.45, 2.75) is 26.1 Å². The third-order valence-corrected chi connectivity index (χ3v) is 2.61. The Morgan fingerprint density at radius 3 is 2.55 bits per heavy atom. The van der Waals surface area contributed by atoms with E-state index in [0.717, 1.165) is 0 Å². The molecular formula is C15H25NO4. The van der Waals surface area contributed by atoms with Crippen molar-refractivity contribution in [3.8, 4) is 11.5 Å². The van der Waals surface area contributed by atoms with Crippen LogP contribution >= 0.6 is 0 Å². The van der Waals surface area contributed by atoms with Crippen molar-refractivity contribution in [3.63, 3.8) is 0 Å².